The Balaban J connectivity index is 1.92. The second-order valence-electron chi connectivity index (χ2n) is 5.27. The lowest BCUT2D eigenvalue weighted by atomic mass is 9.99. The highest BCUT2D eigenvalue weighted by Gasteiger charge is 2.31. The Morgan fingerprint density at radius 1 is 1.29 bits per heavy atom. The van der Waals surface area contributed by atoms with Crippen molar-refractivity contribution in [2.45, 2.75) is 55.7 Å². The second-order valence-corrected chi connectivity index (χ2v) is 6.69. The molecule has 2 unspecified atom stereocenters. The van der Waals surface area contributed by atoms with Gasteiger partial charge in [0.2, 0.25) is 0 Å². The molecule has 1 aliphatic carbocycles. The molecule has 0 spiro atoms. The van der Waals surface area contributed by atoms with Crippen LogP contribution in [0.4, 0.5) is 0 Å². The molecule has 92 valence electrons. The minimum atomic E-state index is 0.570. The van der Waals surface area contributed by atoms with Crippen LogP contribution in [-0.2, 0) is 12.8 Å². The summed E-state index contributed by atoms with van der Waals surface area (Å²) in [7, 11) is 0. The molecule has 1 aromatic carbocycles. The molecule has 0 fully saturated rings. The van der Waals surface area contributed by atoms with E-state index >= 15 is 0 Å². The molecular formula is C15H21NS. The third kappa shape index (κ3) is 2.02. The van der Waals surface area contributed by atoms with Gasteiger partial charge in [-0.15, -0.1) is 11.8 Å². The highest BCUT2D eigenvalue weighted by Crippen LogP contribution is 2.46. The fraction of sp³-hybridized carbons (Fsp3) is 0.600. The number of benzene rings is 1. The Morgan fingerprint density at radius 2 is 2.06 bits per heavy atom. The van der Waals surface area contributed by atoms with E-state index in [0.29, 0.717) is 11.3 Å². The van der Waals surface area contributed by atoms with Gasteiger partial charge in [0.25, 0.3) is 0 Å². The normalized spacial score (nSPS) is 26.0. The first-order chi connectivity index (χ1) is 8.29. The van der Waals surface area contributed by atoms with Crippen molar-refractivity contribution in [3.63, 3.8) is 0 Å². The van der Waals surface area contributed by atoms with Crippen molar-refractivity contribution in [1.82, 2.24) is 5.32 Å². The standard InChI is InChI=1S/C15H21NS/c1-3-7-16-15-10(2)17-14-9-12-6-4-5-11(12)8-13(14)15/h8-10,15-16H,3-7H2,1-2H3. The zero-order valence-corrected chi connectivity index (χ0v) is 11.6. The van der Waals surface area contributed by atoms with E-state index in [1.54, 1.807) is 16.7 Å². The van der Waals surface area contributed by atoms with Gasteiger partial charge < -0.3 is 5.32 Å². The van der Waals surface area contributed by atoms with Crippen LogP contribution in [0.5, 0.6) is 0 Å². The molecule has 2 heteroatoms. The van der Waals surface area contributed by atoms with E-state index < -0.39 is 0 Å². The minimum Gasteiger partial charge on any atom is -0.309 e. The summed E-state index contributed by atoms with van der Waals surface area (Å²) in [6.07, 6.45) is 5.16. The predicted molar refractivity (Wildman–Crippen MR) is 74.8 cm³/mol. The fourth-order valence-corrected chi connectivity index (χ4v) is 4.37. The van der Waals surface area contributed by atoms with Gasteiger partial charge in [-0.2, -0.15) is 0 Å². The zero-order chi connectivity index (χ0) is 11.8. The smallest absolute Gasteiger partial charge is 0.0452 e. The summed E-state index contributed by atoms with van der Waals surface area (Å²) in [4.78, 5) is 1.53. The van der Waals surface area contributed by atoms with E-state index in [1.807, 2.05) is 0 Å². The molecule has 1 aromatic rings. The number of fused-ring (bicyclic) bond motifs is 2. The van der Waals surface area contributed by atoms with Crippen LogP contribution in [0.25, 0.3) is 0 Å². The number of nitrogens with one attached hydrogen (secondary N) is 1. The van der Waals surface area contributed by atoms with Crippen LogP contribution in [0.15, 0.2) is 17.0 Å². The number of rotatable bonds is 3. The number of hydrogen-bond acceptors (Lipinski definition) is 2. The van der Waals surface area contributed by atoms with Crippen molar-refractivity contribution < 1.29 is 0 Å². The maximum atomic E-state index is 3.71. The molecular weight excluding hydrogens is 226 g/mol. The van der Waals surface area contributed by atoms with Crippen LogP contribution in [0.3, 0.4) is 0 Å². The van der Waals surface area contributed by atoms with Gasteiger partial charge >= 0.3 is 0 Å². The average Bonchev–Trinajstić information content (AvgIpc) is 2.87. The van der Waals surface area contributed by atoms with E-state index in [0.717, 1.165) is 6.54 Å². The van der Waals surface area contributed by atoms with Gasteiger partial charge in [0.1, 0.15) is 0 Å². The lowest BCUT2D eigenvalue weighted by Gasteiger charge is -2.17. The maximum absolute atomic E-state index is 3.71. The molecule has 0 aromatic heterocycles. The second kappa shape index (κ2) is 4.66. The van der Waals surface area contributed by atoms with Crippen molar-refractivity contribution >= 4 is 11.8 Å². The molecule has 0 saturated heterocycles. The van der Waals surface area contributed by atoms with Crippen molar-refractivity contribution in [2.75, 3.05) is 6.54 Å². The zero-order valence-electron chi connectivity index (χ0n) is 10.8. The topological polar surface area (TPSA) is 12.0 Å². The lowest BCUT2D eigenvalue weighted by molar-refractivity contribution is 0.532. The summed E-state index contributed by atoms with van der Waals surface area (Å²) in [6.45, 7) is 5.72. The van der Waals surface area contributed by atoms with Crippen molar-refractivity contribution in [2.24, 2.45) is 0 Å². The molecule has 0 bridgehead atoms. The SMILES string of the molecule is CCCNC1c2cc3c(cc2SC1C)CCC3. The van der Waals surface area contributed by atoms with E-state index in [9.17, 15) is 0 Å². The molecule has 2 atom stereocenters. The minimum absolute atomic E-state index is 0.570. The van der Waals surface area contributed by atoms with Gasteiger partial charge in [-0.3, -0.25) is 0 Å². The Bertz CT molecular complexity index is 427. The summed E-state index contributed by atoms with van der Waals surface area (Å²) in [5.74, 6) is 0. The molecule has 0 amide bonds. The summed E-state index contributed by atoms with van der Waals surface area (Å²) in [5.41, 5.74) is 4.79. The molecule has 3 rings (SSSR count). The van der Waals surface area contributed by atoms with Crippen LogP contribution in [0.1, 0.15) is 49.4 Å². The van der Waals surface area contributed by atoms with Crippen LogP contribution < -0.4 is 5.32 Å². The molecule has 1 heterocycles. The van der Waals surface area contributed by atoms with Crippen molar-refractivity contribution in [1.29, 1.82) is 0 Å². The first-order valence-corrected chi connectivity index (χ1v) is 7.73. The summed E-state index contributed by atoms with van der Waals surface area (Å²) < 4.78 is 0. The van der Waals surface area contributed by atoms with Crippen LogP contribution in [0, 0.1) is 0 Å². The van der Waals surface area contributed by atoms with E-state index in [2.05, 4.69) is 43.1 Å². The molecule has 0 radical (unpaired) electrons. The third-order valence-electron chi connectivity index (χ3n) is 3.96. The molecule has 1 N–H and O–H groups in total. The molecule has 1 aliphatic heterocycles. The molecule has 0 saturated carbocycles. The Hall–Kier alpha value is -0.470. The van der Waals surface area contributed by atoms with Gasteiger partial charge in [-0.1, -0.05) is 19.9 Å². The Labute approximate surface area is 108 Å². The summed E-state index contributed by atoms with van der Waals surface area (Å²) >= 11 is 2.05. The van der Waals surface area contributed by atoms with Crippen LogP contribution in [0.2, 0.25) is 0 Å². The van der Waals surface area contributed by atoms with Crippen LogP contribution >= 0.6 is 11.8 Å². The number of hydrogen-bond donors (Lipinski definition) is 1. The first kappa shape index (κ1) is 11.6. The molecule has 2 aliphatic rings. The third-order valence-corrected chi connectivity index (χ3v) is 5.21. The predicted octanol–water partition coefficient (Wildman–Crippen LogP) is 3.71. The van der Waals surface area contributed by atoms with Crippen molar-refractivity contribution in [3.05, 3.63) is 28.8 Å². The van der Waals surface area contributed by atoms with Gasteiger partial charge in [-0.25, -0.2) is 0 Å². The number of thioether (sulfide) groups is 1. The van der Waals surface area contributed by atoms with Gasteiger partial charge in [0.15, 0.2) is 0 Å². The average molecular weight is 247 g/mol. The first-order valence-electron chi connectivity index (χ1n) is 6.85. The van der Waals surface area contributed by atoms with E-state index in [-0.39, 0.29) is 0 Å². The van der Waals surface area contributed by atoms with E-state index in [4.69, 9.17) is 0 Å². The maximum Gasteiger partial charge on any atom is 0.0452 e. The fourth-order valence-electron chi connectivity index (χ4n) is 3.06. The van der Waals surface area contributed by atoms with Crippen LogP contribution in [-0.4, -0.2) is 11.8 Å². The highest BCUT2D eigenvalue weighted by molar-refractivity contribution is 8.00. The van der Waals surface area contributed by atoms with Gasteiger partial charge in [0, 0.05) is 16.2 Å². The van der Waals surface area contributed by atoms with Gasteiger partial charge in [-0.05, 0) is 55.0 Å². The Morgan fingerprint density at radius 3 is 2.82 bits per heavy atom. The molecule has 17 heavy (non-hydrogen) atoms. The summed E-state index contributed by atoms with van der Waals surface area (Å²) in [5, 5.41) is 4.39. The monoisotopic (exact) mass is 247 g/mol. The largest absolute Gasteiger partial charge is 0.309 e. The Kier molecular flexibility index (Phi) is 3.18. The highest BCUT2D eigenvalue weighted by atomic mass is 32.2. The summed E-state index contributed by atoms with van der Waals surface area (Å²) in [6, 6.07) is 5.52. The van der Waals surface area contributed by atoms with Crippen molar-refractivity contribution in [3.8, 4) is 0 Å². The van der Waals surface area contributed by atoms with Gasteiger partial charge in [0.05, 0.1) is 0 Å². The number of aryl methyl sites for hydroxylation is 2. The van der Waals surface area contributed by atoms with E-state index in [1.165, 1.54) is 30.6 Å². The molecule has 1 nitrogen and oxygen atoms in total. The quantitative estimate of drug-likeness (QED) is 0.874. The lowest BCUT2D eigenvalue weighted by Crippen LogP contribution is -2.26.